The van der Waals surface area contributed by atoms with Crippen molar-refractivity contribution in [1.29, 1.82) is 0 Å². The maximum absolute atomic E-state index is 13.3. The number of amides is 1. The molecule has 1 amide bonds. The molecule has 0 unspecified atom stereocenters. The van der Waals surface area contributed by atoms with E-state index in [2.05, 4.69) is 42.2 Å². The van der Waals surface area contributed by atoms with E-state index in [0.717, 1.165) is 50.3 Å². The van der Waals surface area contributed by atoms with Gasteiger partial charge in [0.2, 0.25) is 0 Å². The van der Waals surface area contributed by atoms with Gasteiger partial charge < -0.3 is 14.1 Å². The van der Waals surface area contributed by atoms with E-state index in [4.69, 9.17) is 9.15 Å². The fraction of sp³-hybridized carbons (Fsp3) is 0.346. The third-order valence-electron chi connectivity index (χ3n) is 6.08. The fourth-order valence-electron chi connectivity index (χ4n) is 4.32. The van der Waals surface area contributed by atoms with Crippen LogP contribution >= 0.6 is 0 Å². The van der Waals surface area contributed by atoms with E-state index in [0.29, 0.717) is 5.76 Å². The standard InChI is InChI=1S/C26H30N2O3/c1-3-20-10-12-22(13-11-20)28(26(29)25-9-6-18-31-25)23-14-16-27(17-15-23)19-21-7-4-5-8-24(21)30-2/h4-13,18,23H,3,14-17,19H2,1-2H3. The van der Waals surface area contributed by atoms with Crippen LogP contribution in [0.15, 0.2) is 71.3 Å². The number of furan rings is 1. The molecule has 2 aromatic carbocycles. The molecule has 0 aliphatic carbocycles. The molecular formula is C26H30N2O3. The molecule has 3 aromatic rings. The lowest BCUT2D eigenvalue weighted by Crippen LogP contribution is -2.47. The highest BCUT2D eigenvalue weighted by atomic mass is 16.5. The van der Waals surface area contributed by atoms with Gasteiger partial charge in [-0.3, -0.25) is 9.69 Å². The Morgan fingerprint density at radius 1 is 1.06 bits per heavy atom. The van der Waals surface area contributed by atoms with Gasteiger partial charge in [0.15, 0.2) is 5.76 Å². The molecule has 4 rings (SSSR count). The summed E-state index contributed by atoms with van der Waals surface area (Å²) in [6.07, 6.45) is 4.36. The van der Waals surface area contributed by atoms with Gasteiger partial charge in [-0.05, 0) is 55.2 Å². The number of anilines is 1. The predicted octanol–water partition coefficient (Wildman–Crippen LogP) is 5.16. The van der Waals surface area contributed by atoms with Crippen molar-refractivity contribution in [3.8, 4) is 5.75 Å². The van der Waals surface area contributed by atoms with Gasteiger partial charge >= 0.3 is 0 Å². The summed E-state index contributed by atoms with van der Waals surface area (Å²) in [5.41, 5.74) is 3.39. The van der Waals surface area contributed by atoms with Gasteiger partial charge in [0.05, 0.1) is 13.4 Å². The minimum absolute atomic E-state index is 0.0718. The predicted molar refractivity (Wildman–Crippen MR) is 123 cm³/mol. The minimum atomic E-state index is -0.0718. The number of benzene rings is 2. The van der Waals surface area contributed by atoms with Gasteiger partial charge in [-0.2, -0.15) is 0 Å². The van der Waals surface area contributed by atoms with Crippen LogP contribution in [0.4, 0.5) is 5.69 Å². The molecule has 162 valence electrons. The highest BCUT2D eigenvalue weighted by molar-refractivity contribution is 6.04. The largest absolute Gasteiger partial charge is 0.496 e. The molecule has 31 heavy (non-hydrogen) atoms. The summed E-state index contributed by atoms with van der Waals surface area (Å²) in [6, 6.07) is 20.1. The number of methoxy groups -OCH3 is 1. The van der Waals surface area contributed by atoms with Crippen molar-refractivity contribution in [3.05, 3.63) is 83.8 Å². The van der Waals surface area contributed by atoms with Gasteiger partial charge in [-0.25, -0.2) is 0 Å². The molecule has 1 saturated heterocycles. The SMILES string of the molecule is CCc1ccc(N(C(=O)c2ccco2)C2CCN(Cc3ccccc3OC)CC2)cc1. The van der Waals surface area contributed by atoms with Crippen LogP contribution in [0, 0.1) is 0 Å². The Kier molecular flexibility index (Phi) is 6.73. The van der Waals surface area contributed by atoms with Crippen molar-refractivity contribution >= 4 is 11.6 Å². The number of likely N-dealkylation sites (tertiary alicyclic amines) is 1. The van der Waals surface area contributed by atoms with E-state index in [1.165, 1.54) is 11.1 Å². The van der Waals surface area contributed by atoms with Gasteiger partial charge in [0.25, 0.3) is 5.91 Å². The molecular weight excluding hydrogens is 388 g/mol. The van der Waals surface area contributed by atoms with Crippen molar-refractivity contribution in [2.45, 2.75) is 38.8 Å². The highest BCUT2D eigenvalue weighted by Gasteiger charge is 2.31. The van der Waals surface area contributed by atoms with Crippen molar-refractivity contribution in [3.63, 3.8) is 0 Å². The van der Waals surface area contributed by atoms with E-state index < -0.39 is 0 Å². The molecule has 0 N–H and O–H groups in total. The van der Waals surface area contributed by atoms with Crippen molar-refractivity contribution in [1.82, 2.24) is 4.90 Å². The summed E-state index contributed by atoms with van der Waals surface area (Å²) < 4.78 is 10.9. The van der Waals surface area contributed by atoms with Gasteiger partial charge in [-0.15, -0.1) is 0 Å². The number of carbonyl (C=O) groups excluding carboxylic acids is 1. The molecule has 1 aliphatic rings. The number of ether oxygens (including phenoxy) is 1. The third kappa shape index (κ3) is 4.83. The second kappa shape index (κ2) is 9.84. The van der Waals surface area contributed by atoms with E-state index in [-0.39, 0.29) is 11.9 Å². The van der Waals surface area contributed by atoms with Crippen LogP contribution < -0.4 is 9.64 Å². The molecule has 1 fully saturated rings. The molecule has 5 heteroatoms. The maximum atomic E-state index is 13.3. The first kappa shape index (κ1) is 21.2. The minimum Gasteiger partial charge on any atom is -0.496 e. The van der Waals surface area contributed by atoms with Crippen LogP contribution in [-0.2, 0) is 13.0 Å². The monoisotopic (exact) mass is 418 g/mol. The number of hydrogen-bond donors (Lipinski definition) is 0. The van der Waals surface area contributed by atoms with E-state index in [1.54, 1.807) is 25.5 Å². The average molecular weight is 419 g/mol. The molecule has 1 aromatic heterocycles. The first-order valence-corrected chi connectivity index (χ1v) is 11.0. The van der Waals surface area contributed by atoms with Crippen molar-refractivity contribution < 1.29 is 13.9 Å². The second-order valence-corrected chi connectivity index (χ2v) is 7.99. The van der Waals surface area contributed by atoms with Gasteiger partial charge in [0, 0.05) is 36.9 Å². The third-order valence-corrected chi connectivity index (χ3v) is 6.08. The lowest BCUT2D eigenvalue weighted by Gasteiger charge is -2.38. The Balaban J connectivity index is 1.49. The zero-order valence-electron chi connectivity index (χ0n) is 18.3. The summed E-state index contributed by atoms with van der Waals surface area (Å²) in [5, 5.41) is 0. The molecule has 0 spiro atoms. The normalized spacial score (nSPS) is 15.0. The van der Waals surface area contributed by atoms with Crippen LogP contribution in [0.25, 0.3) is 0 Å². The zero-order chi connectivity index (χ0) is 21.6. The van der Waals surface area contributed by atoms with E-state index >= 15 is 0 Å². The molecule has 0 bridgehead atoms. The summed E-state index contributed by atoms with van der Waals surface area (Å²) in [5.74, 6) is 1.24. The first-order valence-electron chi connectivity index (χ1n) is 11.0. The molecule has 0 saturated carbocycles. The molecule has 2 heterocycles. The summed E-state index contributed by atoms with van der Waals surface area (Å²) >= 11 is 0. The molecule has 5 nitrogen and oxygen atoms in total. The quantitative estimate of drug-likeness (QED) is 0.532. The van der Waals surface area contributed by atoms with Crippen LogP contribution in [0.2, 0.25) is 0 Å². The number of aryl methyl sites for hydroxylation is 1. The fourth-order valence-corrected chi connectivity index (χ4v) is 4.32. The van der Waals surface area contributed by atoms with Gasteiger partial charge in [-0.1, -0.05) is 37.3 Å². The molecule has 0 radical (unpaired) electrons. The smallest absolute Gasteiger partial charge is 0.294 e. The summed E-state index contributed by atoms with van der Waals surface area (Å²) in [7, 11) is 1.72. The molecule has 0 atom stereocenters. The lowest BCUT2D eigenvalue weighted by atomic mass is 10.0. The Morgan fingerprint density at radius 2 is 1.81 bits per heavy atom. The number of piperidine rings is 1. The Hall–Kier alpha value is -3.05. The topological polar surface area (TPSA) is 45.9 Å². The van der Waals surface area contributed by atoms with Crippen LogP contribution in [-0.4, -0.2) is 37.0 Å². The van der Waals surface area contributed by atoms with Crippen LogP contribution in [0.3, 0.4) is 0 Å². The number of nitrogens with zero attached hydrogens (tertiary/aromatic N) is 2. The lowest BCUT2D eigenvalue weighted by molar-refractivity contribution is 0.0931. The van der Waals surface area contributed by atoms with Crippen molar-refractivity contribution in [2.24, 2.45) is 0 Å². The number of carbonyl (C=O) groups is 1. The molecule has 1 aliphatic heterocycles. The van der Waals surface area contributed by atoms with E-state index in [9.17, 15) is 4.79 Å². The maximum Gasteiger partial charge on any atom is 0.294 e. The number of rotatable bonds is 7. The summed E-state index contributed by atoms with van der Waals surface area (Å²) in [4.78, 5) is 17.7. The Labute approximate surface area is 184 Å². The van der Waals surface area contributed by atoms with Gasteiger partial charge in [0.1, 0.15) is 5.75 Å². The van der Waals surface area contributed by atoms with Crippen molar-refractivity contribution in [2.75, 3.05) is 25.1 Å². The Bertz CT molecular complexity index is 974. The number of para-hydroxylation sites is 1. The Morgan fingerprint density at radius 3 is 2.45 bits per heavy atom. The van der Waals surface area contributed by atoms with E-state index in [1.807, 2.05) is 23.1 Å². The summed E-state index contributed by atoms with van der Waals surface area (Å²) in [6.45, 7) is 4.85. The number of hydrogen-bond acceptors (Lipinski definition) is 4. The van der Waals surface area contributed by atoms with Crippen LogP contribution in [0.5, 0.6) is 5.75 Å². The second-order valence-electron chi connectivity index (χ2n) is 7.99. The average Bonchev–Trinajstić information content (AvgIpc) is 3.36. The zero-order valence-corrected chi connectivity index (χ0v) is 18.3. The highest BCUT2D eigenvalue weighted by Crippen LogP contribution is 2.28. The first-order chi connectivity index (χ1) is 15.2. The van der Waals surface area contributed by atoms with Crippen LogP contribution in [0.1, 0.15) is 41.4 Å².